The minimum atomic E-state index is -0.786. The van der Waals surface area contributed by atoms with Crippen molar-refractivity contribution in [2.75, 3.05) is 0 Å². The largest absolute Gasteiger partial charge is 0.363 e. The minimum absolute atomic E-state index is 0.243. The monoisotopic (exact) mass is 387 g/mol. The van der Waals surface area contributed by atoms with E-state index in [-0.39, 0.29) is 16.7 Å². The standard InChI is InChI=1S/C24H21NO4/c1-16-4-10-19(11-5-16)22(26)25(23(27)20-12-6-17(2)7-13-20)29-24(28)21-14-8-18(3)9-15-21/h4-15H,1-3H3. The van der Waals surface area contributed by atoms with Crippen LogP contribution in [0.3, 0.4) is 0 Å². The molecule has 2 amide bonds. The van der Waals surface area contributed by atoms with Gasteiger partial charge < -0.3 is 4.84 Å². The first kappa shape index (κ1) is 20.0. The van der Waals surface area contributed by atoms with Gasteiger partial charge in [0.15, 0.2) is 0 Å². The van der Waals surface area contributed by atoms with Gasteiger partial charge in [0.1, 0.15) is 0 Å². The van der Waals surface area contributed by atoms with Gasteiger partial charge in [-0.15, -0.1) is 0 Å². The topological polar surface area (TPSA) is 63.7 Å². The molecule has 0 fully saturated rings. The van der Waals surface area contributed by atoms with Gasteiger partial charge in [-0.2, -0.15) is 0 Å². The molecule has 0 heterocycles. The van der Waals surface area contributed by atoms with Crippen molar-refractivity contribution < 1.29 is 19.2 Å². The summed E-state index contributed by atoms with van der Waals surface area (Å²) in [5, 5.41) is 0.525. The van der Waals surface area contributed by atoms with Gasteiger partial charge in [0.05, 0.1) is 5.56 Å². The molecule has 0 N–H and O–H groups in total. The molecule has 3 rings (SSSR count). The highest BCUT2D eigenvalue weighted by atomic mass is 16.7. The van der Waals surface area contributed by atoms with Crippen LogP contribution in [0, 0.1) is 20.8 Å². The summed E-state index contributed by atoms with van der Waals surface area (Å²) < 4.78 is 0. The molecule has 0 bridgehead atoms. The maximum atomic E-state index is 13.0. The molecule has 0 saturated carbocycles. The third-order valence-corrected chi connectivity index (χ3v) is 4.43. The van der Waals surface area contributed by atoms with Crippen LogP contribution in [0.4, 0.5) is 0 Å². The van der Waals surface area contributed by atoms with Crippen molar-refractivity contribution in [1.29, 1.82) is 0 Å². The van der Waals surface area contributed by atoms with E-state index in [4.69, 9.17) is 4.84 Å². The van der Waals surface area contributed by atoms with E-state index in [9.17, 15) is 14.4 Å². The van der Waals surface area contributed by atoms with Crippen molar-refractivity contribution in [2.24, 2.45) is 0 Å². The molecule has 5 heteroatoms. The number of hydrogen-bond acceptors (Lipinski definition) is 4. The summed E-state index contributed by atoms with van der Waals surface area (Å²) in [6, 6.07) is 20.1. The molecule has 146 valence electrons. The Balaban J connectivity index is 1.93. The van der Waals surface area contributed by atoms with E-state index < -0.39 is 17.8 Å². The van der Waals surface area contributed by atoms with Crippen molar-refractivity contribution in [3.05, 3.63) is 106 Å². The maximum Gasteiger partial charge on any atom is 0.363 e. The number of aryl methyl sites for hydroxylation is 3. The first-order valence-corrected chi connectivity index (χ1v) is 9.16. The lowest BCUT2D eigenvalue weighted by molar-refractivity contribution is -0.0616. The first-order chi connectivity index (χ1) is 13.8. The molecule has 3 aromatic carbocycles. The van der Waals surface area contributed by atoms with Crippen LogP contribution in [-0.2, 0) is 4.84 Å². The Morgan fingerprint density at radius 1 is 0.552 bits per heavy atom. The number of carbonyl (C=O) groups is 3. The number of benzene rings is 3. The van der Waals surface area contributed by atoms with Crippen molar-refractivity contribution in [1.82, 2.24) is 5.06 Å². The van der Waals surface area contributed by atoms with Crippen LogP contribution >= 0.6 is 0 Å². The summed E-state index contributed by atoms with van der Waals surface area (Å²) in [6.45, 7) is 5.67. The van der Waals surface area contributed by atoms with Gasteiger partial charge in [-0.1, -0.05) is 58.2 Å². The molecule has 0 unspecified atom stereocenters. The van der Waals surface area contributed by atoms with E-state index in [2.05, 4.69) is 0 Å². The Hall–Kier alpha value is -3.73. The lowest BCUT2D eigenvalue weighted by Gasteiger charge is -2.19. The smallest absolute Gasteiger partial charge is 0.324 e. The zero-order valence-electron chi connectivity index (χ0n) is 16.5. The van der Waals surface area contributed by atoms with E-state index in [1.807, 2.05) is 20.8 Å². The van der Waals surface area contributed by atoms with Gasteiger partial charge in [0.2, 0.25) is 0 Å². The fourth-order valence-corrected chi connectivity index (χ4v) is 2.63. The van der Waals surface area contributed by atoms with Crippen LogP contribution in [0.2, 0.25) is 0 Å². The normalized spacial score (nSPS) is 10.3. The summed E-state index contributed by atoms with van der Waals surface area (Å²) in [4.78, 5) is 43.8. The Morgan fingerprint density at radius 2 is 0.862 bits per heavy atom. The number of nitrogens with zero attached hydrogens (tertiary/aromatic N) is 1. The van der Waals surface area contributed by atoms with E-state index in [1.165, 1.54) is 0 Å². The molecule has 0 aliphatic heterocycles. The average Bonchev–Trinajstić information content (AvgIpc) is 2.72. The minimum Gasteiger partial charge on any atom is -0.324 e. The Morgan fingerprint density at radius 3 is 1.21 bits per heavy atom. The third-order valence-electron chi connectivity index (χ3n) is 4.43. The fourth-order valence-electron chi connectivity index (χ4n) is 2.63. The molecule has 0 radical (unpaired) electrons. The second-order valence-electron chi connectivity index (χ2n) is 6.88. The summed E-state index contributed by atoms with van der Waals surface area (Å²) >= 11 is 0. The highest BCUT2D eigenvalue weighted by Gasteiger charge is 2.29. The van der Waals surface area contributed by atoms with Crippen LogP contribution in [-0.4, -0.2) is 22.8 Å². The zero-order chi connectivity index (χ0) is 21.0. The summed E-state index contributed by atoms with van der Waals surface area (Å²) in [7, 11) is 0. The van der Waals surface area contributed by atoms with Crippen molar-refractivity contribution in [2.45, 2.75) is 20.8 Å². The van der Waals surface area contributed by atoms with Gasteiger partial charge in [-0.3, -0.25) is 9.59 Å². The van der Waals surface area contributed by atoms with E-state index in [0.29, 0.717) is 5.06 Å². The predicted molar refractivity (Wildman–Crippen MR) is 109 cm³/mol. The number of rotatable bonds is 3. The number of carbonyl (C=O) groups excluding carboxylic acids is 3. The molecular formula is C24H21NO4. The lowest BCUT2D eigenvalue weighted by Crippen LogP contribution is -2.39. The third kappa shape index (κ3) is 4.76. The molecule has 0 aliphatic carbocycles. The number of hydrogen-bond donors (Lipinski definition) is 0. The Bertz CT molecular complexity index is 978. The van der Waals surface area contributed by atoms with Crippen LogP contribution in [0.5, 0.6) is 0 Å². The molecule has 5 nitrogen and oxygen atoms in total. The molecule has 29 heavy (non-hydrogen) atoms. The van der Waals surface area contributed by atoms with Crippen LogP contribution in [0.15, 0.2) is 72.8 Å². The second-order valence-corrected chi connectivity index (χ2v) is 6.88. The van der Waals surface area contributed by atoms with Gasteiger partial charge in [0.25, 0.3) is 11.8 Å². The highest BCUT2D eigenvalue weighted by molar-refractivity contribution is 6.10. The lowest BCUT2D eigenvalue weighted by atomic mass is 10.1. The van der Waals surface area contributed by atoms with Crippen molar-refractivity contribution in [3.63, 3.8) is 0 Å². The highest BCUT2D eigenvalue weighted by Crippen LogP contribution is 2.15. The van der Waals surface area contributed by atoms with Gasteiger partial charge in [-0.25, -0.2) is 4.79 Å². The molecule has 3 aromatic rings. The van der Waals surface area contributed by atoms with Crippen LogP contribution in [0.25, 0.3) is 0 Å². The van der Waals surface area contributed by atoms with E-state index in [1.54, 1.807) is 72.8 Å². The van der Waals surface area contributed by atoms with Gasteiger partial charge >= 0.3 is 5.97 Å². The van der Waals surface area contributed by atoms with E-state index >= 15 is 0 Å². The molecule has 0 saturated heterocycles. The van der Waals surface area contributed by atoms with Crippen molar-refractivity contribution >= 4 is 17.8 Å². The second kappa shape index (κ2) is 8.52. The zero-order valence-corrected chi connectivity index (χ0v) is 16.5. The Kier molecular flexibility index (Phi) is 5.88. The summed E-state index contributed by atoms with van der Waals surface area (Å²) in [5.41, 5.74) is 3.64. The number of imide groups is 1. The maximum absolute atomic E-state index is 13.0. The fraction of sp³-hybridized carbons (Fsp3) is 0.125. The number of hydroxylamine groups is 2. The molecule has 0 aromatic heterocycles. The molecule has 0 spiro atoms. The molecule has 0 aliphatic rings. The van der Waals surface area contributed by atoms with Gasteiger partial charge in [0, 0.05) is 11.1 Å². The van der Waals surface area contributed by atoms with Crippen molar-refractivity contribution in [3.8, 4) is 0 Å². The first-order valence-electron chi connectivity index (χ1n) is 9.16. The average molecular weight is 387 g/mol. The Labute approximate surface area is 169 Å². The molecule has 0 atom stereocenters. The van der Waals surface area contributed by atoms with Crippen LogP contribution in [0.1, 0.15) is 47.8 Å². The summed E-state index contributed by atoms with van der Waals surface area (Å²) in [5.74, 6) is -2.21. The SMILES string of the molecule is Cc1ccc(C(=O)ON(C(=O)c2ccc(C)cc2)C(=O)c2ccc(C)cc2)cc1. The van der Waals surface area contributed by atoms with Crippen LogP contribution < -0.4 is 0 Å². The summed E-state index contributed by atoms with van der Waals surface area (Å²) in [6.07, 6.45) is 0. The van der Waals surface area contributed by atoms with Gasteiger partial charge in [-0.05, 0) is 57.2 Å². The number of amides is 2. The predicted octanol–water partition coefficient (Wildman–Crippen LogP) is 4.67. The molecular weight excluding hydrogens is 366 g/mol. The quantitative estimate of drug-likeness (QED) is 0.484. The van der Waals surface area contributed by atoms with E-state index in [0.717, 1.165) is 16.7 Å².